The van der Waals surface area contributed by atoms with E-state index in [2.05, 4.69) is 4.98 Å². The normalized spacial score (nSPS) is 19.1. The summed E-state index contributed by atoms with van der Waals surface area (Å²) < 4.78 is 5.32. The molecule has 1 aliphatic heterocycles. The first-order valence-corrected chi connectivity index (χ1v) is 4.70. The standard InChI is InChI=1S/C10H11NO4/c12-9-4-7-6(3-10(13)14)1-2-15-8(7)5-11-9/h4-6H,1-3H2,(H,11,12)(H,13,14). The van der Waals surface area contributed by atoms with E-state index in [9.17, 15) is 9.90 Å². The summed E-state index contributed by atoms with van der Waals surface area (Å²) in [5, 5.41) is 18.0. The van der Waals surface area contributed by atoms with Gasteiger partial charge in [-0.25, -0.2) is 4.98 Å². The van der Waals surface area contributed by atoms with Crippen LogP contribution in [-0.2, 0) is 4.79 Å². The maximum atomic E-state index is 10.6. The van der Waals surface area contributed by atoms with Gasteiger partial charge in [0.2, 0.25) is 5.88 Å². The molecule has 1 aliphatic rings. The molecule has 2 N–H and O–H groups in total. The lowest BCUT2D eigenvalue weighted by Crippen LogP contribution is -2.17. The molecule has 0 fully saturated rings. The summed E-state index contributed by atoms with van der Waals surface area (Å²) in [7, 11) is 0. The number of carboxylic acids is 1. The van der Waals surface area contributed by atoms with E-state index in [0.29, 0.717) is 18.8 Å². The van der Waals surface area contributed by atoms with Gasteiger partial charge >= 0.3 is 5.97 Å². The molecule has 2 heterocycles. The number of hydrogen-bond donors (Lipinski definition) is 2. The van der Waals surface area contributed by atoms with E-state index in [1.54, 1.807) is 0 Å². The lowest BCUT2D eigenvalue weighted by atomic mass is 9.91. The smallest absolute Gasteiger partial charge is 0.303 e. The van der Waals surface area contributed by atoms with Crippen LogP contribution < -0.4 is 4.74 Å². The Hall–Kier alpha value is -1.78. The number of ether oxygens (including phenoxy) is 1. The largest absolute Gasteiger partial charge is 0.493 e. The highest BCUT2D eigenvalue weighted by Gasteiger charge is 2.24. The molecule has 15 heavy (non-hydrogen) atoms. The second kappa shape index (κ2) is 3.76. The lowest BCUT2D eigenvalue weighted by molar-refractivity contribution is -0.137. The van der Waals surface area contributed by atoms with Crippen LogP contribution in [0.25, 0.3) is 0 Å². The topological polar surface area (TPSA) is 79.7 Å². The van der Waals surface area contributed by atoms with Gasteiger partial charge in [-0.05, 0) is 6.42 Å². The lowest BCUT2D eigenvalue weighted by Gasteiger charge is -2.24. The number of fused-ring (bicyclic) bond motifs is 1. The predicted octanol–water partition coefficient (Wildman–Crippen LogP) is 1.13. The van der Waals surface area contributed by atoms with Gasteiger partial charge in [0.05, 0.1) is 19.2 Å². The van der Waals surface area contributed by atoms with Crippen molar-refractivity contribution < 1.29 is 19.7 Å². The molecule has 1 atom stereocenters. The summed E-state index contributed by atoms with van der Waals surface area (Å²) in [6.45, 7) is 0.497. The molecule has 1 aromatic heterocycles. The van der Waals surface area contributed by atoms with Crippen LogP contribution in [0.15, 0.2) is 12.3 Å². The first-order chi connectivity index (χ1) is 7.16. The predicted molar refractivity (Wildman–Crippen MR) is 51.0 cm³/mol. The van der Waals surface area contributed by atoms with Gasteiger partial charge in [-0.1, -0.05) is 0 Å². The van der Waals surface area contributed by atoms with Crippen LogP contribution in [0.3, 0.4) is 0 Å². The molecule has 0 saturated heterocycles. The zero-order valence-corrected chi connectivity index (χ0v) is 8.01. The van der Waals surface area contributed by atoms with Crippen molar-refractivity contribution in [2.24, 2.45) is 0 Å². The third-order valence-electron chi connectivity index (χ3n) is 2.47. The first kappa shape index (κ1) is 9.76. The Balaban J connectivity index is 2.32. The van der Waals surface area contributed by atoms with Crippen LogP contribution in [0, 0.1) is 0 Å². The number of aliphatic carboxylic acids is 1. The fourth-order valence-corrected chi connectivity index (χ4v) is 1.78. The number of rotatable bonds is 2. The van der Waals surface area contributed by atoms with Crippen LogP contribution in [0.1, 0.15) is 24.3 Å². The van der Waals surface area contributed by atoms with Gasteiger partial charge in [-0.15, -0.1) is 0 Å². The van der Waals surface area contributed by atoms with E-state index in [1.165, 1.54) is 12.3 Å². The van der Waals surface area contributed by atoms with Crippen LogP contribution in [0.2, 0.25) is 0 Å². The highest BCUT2D eigenvalue weighted by molar-refractivity contribution is 5.68. The fourth-order valence-electron chi connectivity index (χ4n) is 1.78. The minimum atomic E-state index is -0.843. The maximum Gasteiger partial charge on any atom is 0.303 e. The zero-order chi connectivity index (χ0) is 10.8. The number of nitrogens with zero attached hydrogens (tertiary/aromatic N) is 1. The molecule has 1 unspecified atom stereocenters. The van der Waals surface area contributed by atoms with Gasteiger partial charge in [0.15, 0.2) is 0 Å². The Morgan fingerprint density at radius 3 is 3.20 bits per heavy atom. The van der Waals surface area contributed by atoms with Gasteiger partial charge in [0.25, 0.3) is 0 Å². The molecule has 0 saturated carbocycles. The summed E-state index contributed by atoms with van der Waals surface area (Å²) in [5.74, 6) is -0.468. The van der Waals surface area contributed by atoms with Crippen molar-refractivity contribution in [1.29, 1.82) is 0 Å². The summed E-state index contributed by atoms with van der Waals surface area (Å²) in [5.41, 5.74) is 0.733. The fraction of sp³-hybridized carbons (Fsp3) is 0.400. The summed E-state index contributed by atoms with van der Waals surface area (Å²) >= 11 is 0. The second-order valence-electron chi connectivity index (χ2n) is 3.51. The molecule has 0 amide bonds. The average Bonchev–Trinajstić information content (AvgIpc) is 2.18. The van der Waals surface area contributed by atoms with E-state index in [1.807, 2.05) is 0 Å². The van der Waals surface area contributed by atoms with E-state index in [-0.39, 0.29) is 18.2 Å². The van der Waals surface area contributed by atoms with Crippen molar-refractivity contribution in [3.8, 4) is 11.6 Å². The van der Waals surface area contributed by atoms with Crippen molar-refractivity contribution >= 4 is 5.97 Å². The number of aromatic hydroxyl groups is 1. The van der Waals surface area contributed by atoms with Crippen LogP contribution in [0.4, 0.5) is 0 Å². The summed E-state index contributed by atoms with van der Waals surface area (Å²) in [6.07, 6.45) is 2.14. The molecule has 0 aromatic carbocycles. The minimum absolute atomic E-state index is 0.0554. The molecule has 1 aromatic rings. The Bertz CT molecular complexity index is 391. The third kappa shape index (κ3) is 2.01. The van der Waals surface area contributed by atoms with E-state index < -0.39 is 5.97 Å². The molecular weight excluding hydrogens is 198 g/mol. The molecule has 5 heteroatoms. The van der Waals surface area contributed by atoms with E-state index in [4.69, 9.17) is 9.84 Å². The van der Waals surface area contributed by atoms with Gasteiger partial charge in [-0.2, -0.15) is 0 Å². The van der Waals surface area contributed by atoms with Crippen LogP contribution in [-0.4, -0.2) is 27.8 Å². The molecule has 2 rings (SSSR count). The van der Waals surface area contributed by atoms with Crippen LogP contribution >= 0.6 is 0 Å². The molecule has 80 valence electrons. The number of pyridine rings is 1. The van der Waals surface area contributed by atoms with E-state index >= 15 is 0 Å². The van der Waals surface area contributed by atoms with Crippen molar-refractivity contribution in [3.63, 3.8) is 0 Å². The first-order valence-electron chi connectivity index (χ1n) is 4.70. The highest BCUT2D eigenvalue weighted by atomic mass is 16.5. The van der Waals surface area contributed by atoms with Gasteiger partial charge < -0.3 is 14.9 Å². The molecule has 5 nitrogen and oxygen atoms in total. The molecule has 0 radical (unpaired) electrons. The van der Waals surface area contributed by atoms with Gasteiger partial charge in [-0.3, -0.25) is 4.79 Å². The summed E-state index contributed by atoms with van der Waals surface area (Å²) in [6, 6.07) is 1.47. The molecule has 0 aliphatic carbocycles. The van der Waals surface area contributed by atoms with Crippen molar-refractivity contribution in [1.82, 2.24) is 4.98 Å². The Morgan fingerprint density at radius 1 is 1.67 bits per heavy atom. The van der Waals surface area contributed by atoms with Crippen molar-refractivity contribution in [2.45, 2.75) is 18.8 Å². The maximum absolute atomic E-state index is 10.6. The SMILES string of the molecule is O=C(O)CC1CCOc2cnc(O)cc21. The number of carboxylic acid groups (broad SMARTS) is 1. The van der Waals surface area contributed by atoms with Crippen LogP contribution in [0.5, 0.6) is 11.6 Å². The molecule has 0 bridgehead atoms. The number of carbonyl (C=O) groups is 1. The highest BCUT2D eigenvalue weighted by Crippen LogP contribution is 2.36. The zero-order valence-electron chi connectivity index (χ0n) is 8.01. The number of hydrogen-bond acceptors (Lipinski definition) is 4. The molecule has 0 spiro atoms. The Labute approximate surface area is 86.3 Å². The molecular formula is C10H11NO4. The Kier molecular flexibility index (Phi) is 2.45. The van der Waals surface area contributed by atoms with Crippen molar-refractivity contribution in [3.05, 3.63) is 17.8 Å². The average molecular weight is 209 g/mol. The minimum Gasteiger partial charge on any atom is -0.493 e. The monoisotopic (exact) mass is 209 g/mol. The third-order valence-corrected chi connectivity index (χ3v) is 2.47. The second-order valence-corrected chi connectivity index (χ2v) is 3.51. The van der Waals surface area contributed by atoms with E-state index in [0.717, 1.165) is 5.56 Å². The Morgan fingerprint density at radius 2 is 2.47 bits per heavy atom. The quantitative estimate of drug-likeness (QED) is 0.763. The van der Waals surface area contributed by atoms with Crippen molar-refractivity contribution in [2.75, 3.05) is 6.61 Å². The summed E-state index contributed by atoms with van der Waals surface area (Å²) in [4.78, 5) is 14.3. The van der Waals surface area contributed by atoms with Gasteiger partial charge in [0, 0.05) is 17.5 Å². The van der Waals surface area contributed by atoms with Gasteiger partial charge in [0.1, 0.15) is 5.75 Å². The number of aromatic nitrogens is 1.